The number of hydrogen-bond donors (Lipinski definition) is 2. The van der Waals surface area contributed by atoms with E-state index in [1.54, 1.807) is 37.3 Å². The molecule has 0 heterocycles. The van der Waals surface area contributed by atoms with Gasteiger partial charge in [0.05, 0.1) is 0 Å². The number of hydrogen-bond acceptors (Lipinski definition) is 2. The summed E-state index contributed by atoms with van der Waals surface area (Å²) in [6, 6.07) is 12.5. The minimum absolute atomic E-state index is 0.0499. The lowest BCUT2D eigenvalue weighted by molar-refractivity contribution is -0.306. The van der Waals surface area contributed by atoms with Gasteiger partial charge in [-0.25, -0.2) is 4.39 Å². The molecular weight excluding hydrogens is 406 g/mol. The lowest BCUT2D eigenvalue weighted by atomic mass is 9.74. The second-order valence-corrected chi connectivity index (χ2v) is 7.34. The predicted molar refractivity (Wildman–Crippen MR) is 105 cm³/mol. The van der Waals surface area contributed by atoms with Gasteiger partial charge in [-0.05, 0) is 34.6 Å². The molecule has 0 aliphatic carbocycles. The van der Waals surface area contributed by atoms with Crippen molar-refractivity contribution in [3.63, 3.8) is 0 Å². The molecule has 166 valence electrons. The number of benzene rings is 2. The number of nitrogens with two attached hydrogens (primary N) is 2. The van der Waals surface area contributed by atoms with Crippen molar-refractivity contribution in [3.8, 4) is 0 Å². The highest BCUT2D eigenvalue weighted by atomic mass is 19.4. The number of halogens is 6. The molecule has 0 aromatic heterocycles. The fourth-order valence-corrected chi connectivity index (χ4v) is 3.73. The maximum atomic E-state index is 15.2. The average molecular weight is 432 g/mol. The molecule has 0 aliphatic heterocycles. The third kappa shape index (κ3) is 5.16. The third-order valence-electron chi connectivity index (χ3n) is 5.26. The molecule has 0 radical (unpaired) electrons. The SMILES string of the molecule is CCCC(c1cccc(CN)c1)C(c1cccc(CN)c1)C(F)C(F)(F)C(F)(F)F. The quantitative estimate of drug-likeness (QED) is 0.492. The molecule has 4 N–H and O–H groups in total. The summed E-state index contributed by atoms with van der Waals surface area (Å²) < 4.78 is 82.6. The lowest BCUT2D eigenvalue weighted by Crippen LogP contribution is -2.48. The maximum absolute atomic E-state index is 15.2. The highest BCUT2D eigenvalue weighted by Crippen LogP contribution is 2.50. The zero-order chi connectivity index (χ0) is 22.5. The van der Waals surface area contributed by atoms with Crippen LogP contribution in [0.1, 0.15) is 53.9 Å². The van der Waals surface area contributed by atoms with E-state index in [2.05, 4.69) is 0 Å². The summed E-state index contributed by atoms with van der Waals surface area (Å²) in [6.45, 7) is 1.98. The van der Waals surface area contributed by atoms with Crippen LogP contribution in [-0.4, -0.2) is 18.3 Å². The first kappa shape index (κ1) is 24.2. The summed E-state index contributed by atoms with van der Waals surface area (Å²) in [5.41, 5.74) is 13.0. The highest BCUT2D eigenvalue weighted by Gasteiger charge is 2.65. The first-order chi connectivity index (χ1) is 14.1. The fourth-order valence-electron chi connectivity index (χ4n) is 3.73. The minimum Gasteiger partial charge on any atom is -0.326 e. The summed E-state index contributed by atoms with van der Waals surface area (Å²) in [4.78, 5) is 0. The fraction of sp³-hybridized carbons (Fsp3) is 0.455. The first-order valence-electron chi connectivity index (χ1n) is 9.73. The van der Waals surface area contributed by atoms with E-state index in [1.165, 1.54) is 18.2 Å². The molecule has 8 heteroatoms. The molecule has 2 aromatic rings. The summed E-state index contributed by atoms with van der Waals surface area (Å²) in [7, 11) is 0. The summed E-state index contributed by atoms with van der Waals surface area (Å²) in [5.74, 6) is -8.13. The monoisotopic (exact) mass is 432 g/mol. The zero-order valence-electron chi connectivity index (χ0n) is 16.6. The van der Waals surface area contributed by atoms with Crippen molar-refractivity contribution >= 4 is 0 Å². The molecule has 3 unspecified atom stereocenters. The van der Waals surface area contributed by atoms with Crippen molar-refractivity contribution in [1.82, 2.24) is 0 Å². The van der Waals surface area contributed by atoms with Crippen LogP contribution in [0.2, 0.25) is 0 Å². The first-order valence-corrected chi connectivity index (χ1v) is 9.73. The Morgan fingerprint density at radius 1 is 0.833 bits per heavy atom. The molecule has 2 rings (SSSR count). The normalized spacial score (nSPS) is 15.6. The predicted octanol–water partition coefficient (Wildman–Crippen LogP) is 5.81. The van der Waals surface area contributed by atoms with Crippen molar-refractivity contribution in [2.45, 2.75) is 63.0 Å². The Labute approximate surface area is 172 Å². The summed E-state index contributed by atoms with van der Waals surface area (Å²) >= 11 is 0. The van der Waals surface area contributed by atoms with E-state index in [0.717, 1.165) is 0 Å². The van der Waals surface area contributed by atoms with Crippen molar-refractivity contribution in [3.05, 3.63) is 70.8 Å². The molecule has 0 saturated heterocycles. The molecule has 30 heavy (non-hydrogen) atoms. The van der Waals surface area contributed by atoms with Gasteiger partial charge in [-0.15, -0.1) is 0 Å². The van der Waals surface area contributed by atoms with Crippen LogP contribution in [0.5, 0.6) is 0 Å². The molecule has 2 aromatic carbocycles. The average Bonchev–Trinajstić information content (AvgIpc) is 2.72. The molecule has 0 saturated carbocycles. The van der Waals surface area contributed by atoms with Gasteiger partial charge in [-0.1, -0.05) is 61.9 Å². The van der Waals surface area contributed by atoms with E-state index in [4.69, 9.17) is 11.5 Å². The molecule has 2 nitrogen and oxygen atoms in total. The topological polar surface area (TPSA) is 52.0 Å². The molecule has 0 fully saturated rings. The van der Waals surface area contributed by atoms with Crippen molar-refractivity contribution in [2.24, 2.45) is 11.5 Å². The molecule has 0 aliphatic rings. The van der Waals surface area contributed by atoms with E-state index in [0.29, 0.717) is 23.1 Å². The van der Waals surface area contributed by atoms with Crippen molar-refractivity contribution in [1.29, 1.82) is 0 Å². The Balaban J connectivity index is 2.67. The Morgan fingerprint density at radius 3 is 1.80 bits per heavy atom. The molecule has 0 amide bonds. The lowest BCUT2D eigenvalue weighted by Gasteiger charge is -2.35. The largest absolute Gasteiger partial charge is 0.456 e. The van der Waals surface area contributed by atoms with Gasteiger partial charge in [0, 0.05) is 19.0 Å². The van der Waals surface area contributed by atoms with Gasteiger partial charge in [-0.2, -0.15) is 22.0 Å². The van der Waals surface area contributed by atoms with Gasteiger partial charge in [0.25, 0.3) is 0 Å². The van der Waals surface area contributed by atoms with Gasteiger partial charge in [-0.3, -0.25) is 0 Å². The van der Waals surface area contributed by atoms with E-state index < -0.39 is 30.1 Å². The molecular formula is C22H26F6N2. The second kappa shape index (κ2) is 9.83. The van der Waals surface area contributed by atoms with Gasteiger partial charge in [0.15, 0.2) is 6.17 Å². The molecule has 3 atom stereocenters. The van der Waals surface area contributed by atoms with Crippen LogP contribution in [0.15, 0.2) is 48.5 Å². The highest BCUT2D eigenvalue weighted by molar-refractivity contribution is 5.35. The Hall–Kier alpha value is -2.06. The second-order valence-electron chi connectivity index (χ2n) is 7.34. The van der Waals surface area contributed by atoms with Gasteiger partial charge in [0.2, 0.25) is 0 Å². The Bertz CT molecular complexity index is 821. The summed E-state index contributed by atoms with van der Waals surface area (Å²) in [6.07, 6.45) is -8.79. The number of rotatable bonds is 9. The van der Waals surface area contributed by atoms with Crippen LogP contribution in [0, 0.1) is 0 Å². The zero-order valence-corrected chi connectivity index (χ0v) is 16.6. The van der Waals surface area contributed by atoms with Crippen LogP contribution in [-0.2, 0) is 13.1 Å². The third-order valence-corrected chi connectivity index (χ3v) is 5.26. The van der Waals surface area contributed by atoms with E-state index in [9.17, 15) is 22.0 Å². The maximum Gasteiger partial charge on any atom is 0.456 e. The van der Waals surface area contributed by atoms with Gasteiger partial charge < -0.3 is 11.5 Å². The number of alkyl halides is 6. The van der Waals surface area contributed by atoms with E-state index in [1.807, 2.05) is 0 Å². The van der Waals surface area contributed by atoms with Crippen LogP contribution in [0.3, 0.4) is 0 Å². The molecule has 0 bridgehead atoms. The van der Waals surface area contributed by atoms with Crippen LogP contribution in [0.4, 0.5) is 26.3 Å². The Morgan fingerprint density at radius 2 is 1.33 bits per heavy atom. The smallest absolute Gasteiger partial charge is 0.326 e. The van der Waals surface area contributed by atoms with Gasteiger partial charge in [0.1, 0.15) is 0 Å². The van der Waals surface area contributed by atoms with E-state index >= 15 is 4.39 Å². The van der Waals surface area contributed by atoms with Crippen molar-refractivity contribution < 1.29 is 26.3 Å². The summed E-state index contributed by atoms with van der Waals surface area (Å²) in [5, 5.41) is 0. The van der Waals surface area contributed by atoms with Gasteiger partial charge >= 0.3 is 12.1 Å². The van der Waals surface area contributed by atoms with Crippen molar-refractivity contribution in [2.75, 3.05) is 0 Å². The van der Waals surface area contributed by atoms with Crippen LogP contribution in [0.25, 0.3) is 0 Å². The van der Waals surface area contributed by atoms with Crippen LogP contribution >= 0.6 is 0 Å². The van der Waals surface area contributed by atoms with E-state index in [-0.39, 0.29) is 25.1 Å². The molecule has 0 spiro atoms. The standard InChI is InChI=1S/C22H26F6N2/c1-2-5-18(16-8-3-6-14(10-16)12-29)19(17-9-4-7-15(11-17)13-30)20(23)21(24,25)22(26,27)28/h3-4,6-11,18-20H,2,5,12-13,29-30H2,1H3. The minimum atomic E-state index is -6.01. The Kier molecular flexibility index (Phi) is 7.93. The van der Waals surface area contributed by atoms with Crippen LogP contribution < -0.4 is 11.5 Å².